The van der Waals surface area contributed by atoms with Gasteiger partial charge in [-0.15, -0.1) is 0 Å². The molecule has 0 saturated carbocycles. The highest BCUT2D eigenvalue weighted by atomic mass is 16.5. The first-order valence-electron chi connectivity index (χ1n) is 5.91. The zero-order valence-electron chi connectivity index (χ0n) is 11.5. The summed E-state index contributed by atoms with van der Waals surface area (Å²) in [6, 6.07) is 8.96. The largest absolute Gasteiger partial charge is 0.497 e. The van der Waals surface area contributed by atoms with Crippen LogP contribution in [0.3, 0.4) is 0 Å². The lowest BCUT2D eigenvalue weighted by Crippen LogP contribution is -2.02. The number of benzene rings is 1. The van der Waals surface area contributed by atoms with E-state index in [0.717, 1.165) is 0 Å². The number of hydrogen-bond donors (Lipinski definition) is 1. The topological polar surface area (TPSA) is 80.1 Å². The molecule has 6 heteroatoms. The Morgan fingerprint density at radius 1 is 1.15 bits per heavy atom. The number of nitrogens with one attached hydrogen (secondary N) is 1. The molecule has 0 bridgehead atoms. The van der Waals surface area contributed by atoms with Crippen molar-refractivity contribution in [3.05, 3.63) is 35.7 Å². The third-order valence-corrected chi connectivity index (χ3v) is 2.62. The summed E-state index contributed by atoms with van der Waals surface area (Å²) in [7, 11) is 3.16. The number of hydrogen-bond acceptors (Lipinski definition) is 6. The van der Waals surface area contributed by atoms with E-state index in [1.807, 2.05) is 6.07 Å². The maximum atomic E-state index is 8.92. The highest BCUT2D eigenvalue weighted by molar-refractivity contribution is 5.65. The summed E-state index contributed by atoms with van der Waals surface area (Å²) in [6.45, 7) is 1.80. The first-order valence-corrected chi connectivity index (χ1v) is 5.91. The highest BCUT2D eigenvalue weighted by Gasteiger charge is 2.08. The van der Waals surface area contributed by atoms with Crippen molar-refractivity contribution in [2.75, 3.05) is 19.5 Å². The van der Waals surface area contributed by atoms with E-state index in [0.29, 0.717) is 34.5 Å². The van der Waals surface area contributed by atoms with Gasteiger partial charge in [-0.1, -0.05) is 0 Å². The van der Waals surface area contributed by atoms with Crippen LogP contribution in [0.5, 0.6) is 11.5 Å². The number of anilines is 2. The molecule has 0 radical (unpaired) electrons. The number of methoxy groups -OCH3 is 2. The van der Waals surface area contributed by atoms with E-state index in [-0.39, 0.29) is 0 Å². The molecular weight excluding hydrogens is 256 g/mol. The molecule has 1 heterocycles. The molecule has 1 N–H and O–H groups in total. The fourth-order valence-corrected chi connectivity index (χ4v) is 1.71. The van der Waals surface area contributed by atoms with Crippen molar-refractivity contribution < 1.29 is 9.47 Å². The molecule has 0 fully saturated rings. The average Bonchev–Trinajstić information content (AvgIpc) is 2.46. The van der Waals surface area contributed by atoms with E-state index in [9.17, 15) is 0 Å². The minimum atomic E-state index is 0.307. The molecular formula is C14H14N4O2. The third kappa shape index (κ3) is 2.95. The van der Waals surface area contributed by atoms with Gasteiger partial charge in [0.15, 0.2) is 0 Å². The molecule has 102 valence electrons. The summed E-state index contributed by atoms with van der Waals surface area (Å²) in [5, 5.41) is 12.0. The smallest absolute Gasteiger partial charge is 0.228 e. The van der Waals surface area contributed by atoms with E-state index in [2.05, 4.69) is 15.3 Å². The fourth-order valence-electron chi connectivity index (χ4n) is 1.71. The van der Waals surface area contributed by atoms with E-state index in [1.165, 1.54) is 0 Å². The molecule has 0 aliphatic rings. The minimum Gasteiger partial charge on any atom is -0.497 e. The first kappa shape index (κ1) is 13.6. The van der Waals surface area contributed by atoms with Crippen molar-refractivity contribution in [1.82, 2.24) is 9.97 Å². The molecule has 0 saturated heterocycles. The number of rotatable bonds is 4. The molecule has 0 aliphatic carbocycles. The summed E-state index contributed by atoms with van der Waals surface area (Å²) in [5.74, 6) is 1.66. The zero-order chi connectivity index (χ0) is 14.5. The summed E-state index contributed by atoms with van der Waals surface area (Å²) < 4.78 is 10.4. The van der Waals surface area contributed by atoms with Crippen molar-refractivity contribution in [3.63, 3.8) is 0 Å². The van der Waals surface area contributed by atoms with Crippen molar-refractivity contribution in [3.8, 4) is 17.6 Å². The van der Waals surface area contributed by atoms with Gasteiger partial charge >= 0.3 is 0 Å². The molecule has 2 rings (SSSR count). The van der Waals surface area contributed by atoms with Crippen molar-refractivity contribution >= 4 is 11.6 Å². The maximum Gasteiger partial charge on any atom is 0.228 e. The summed E-state index contributed by atoms with van der Waals surface area (Å²) in [4.78, 5) is 8.34. The Kier molecular flexibility index (Phi) is 4.01. The lowest BCUT2D eigenvalue weighted by Gasteiger charge is -2.11. The molecule has 0 unspecified atom stereocenters. The van der Waals surface area contributed by atoms with E-state index >= 15 is 0 Å². The van der Waals surface area contributed by atoms with Crippen LogP contribution in [0.1, 0.15) is 11.4 Å². The molecule has 0 aliphatic heterocycles. The SMILES string of the molecule is COc1ccc(OC)c(Nc2nc(C)cc(C#N)n2)c1. The third-order valence-electron chi connectivity index (χ3n) is 2.62. The van der Waals surface area contributed by atoms with Crippen LogP contribution < -0.4 is 14.8 Å². The normalized spacial score (nSPS) is 9.70. The van der Waals surface area contributed by atoms with E-state index < -0.39 is 0 Å². The van der Waals surface area contributed by atoms with Gasteiger partial charge in [-0.2, -0.15) is 5.26 Å². The lowest BCUT2D eigenvalue weighted by molar-refractivity contribution is 0.405. The van der Waals surface area contributed by atoms with Gasteiger partial charge in [0, 0.05) is 11.8 Å². The Labute approximate surface area is 117 Å². The van der Waals surface area contributed by atoms with Gasteiger partial charge in [-0.05, 0) is 25.1 Å². The quantitative estimate of drug-likeness (QED) is 0.919. The van der Waals surface area contributed by atoms with Crippen LogP contribution in [0.25, 0.3) is 0 Å². The maximum absolute atomic E-state index is 8.92. The Balaban J connectivity index is 2.38. The highest BCUT2D eigenvalue weighted by Crippen LogP contribution is 2.30. The number of aryl methyl sites for hydroxylation is 1. The van der Waals surface area contributed by atoms with Crippen LogP contribution >= 0.6 is 0 Å². The van der Waals surface area contributed by atoms with Crippen LogP contribution in [-0.2, 0) is 0 Å². The molecule has 1 aromatic carbocycles. The minimum absolute atomic E-state index is 0.307. The molecule has 1 aromatic heterocycles. The summed E-state index contributed by atoms with van der Waals surface area (Å²) >= 11 is 0. The van der Waals surface area contributed by atoms with Crippen LogP contribution in [0.4, 0.5) is 11.6 Å². The van der Waals surface area contributed by atoms with E-state index in [1.54, 1.807) is 45.4 Å². The summed E-state index contributed by atoms with van der Waals surface area (Å²) in [5.41, 5.74) is 1.68. The first-order chi connectivity index (χ1) is 9.66. The Bertz CT molecular complexity index is 665. The Morgan fingerprint density at radius 2 is 1.95 bits per heavy atom. The van der Waals surface area contributed by atoms with Gasteiger partial charge < -0.3 is 14.8 Å². The second-order valence-corrected chi connectivity index (χ2v) is 4.02. The van der Waals surface area contributed by atoms with Gasteiger partial charge in [-0.3, -0.25) is 0 Å². The van der Waals surface area contributed by atoms with Crippen LogP contribution in [0, 0.1) is 18.3 Å². The second kappa shape index (κ2) is 5.89. The van der Waals surface area contributed by atoms with Crippen molar-refractivity contribution in [1.29, 1.82) is 5.26 Å². The number of nitriles is 1. The van der Waals surface area contributed by atoms with Gasteiger partial charge in [0.2, 0.25) is 5.95 Å². The van der Waals surface area contributed by atoms with Gasteiger partial charge in [0.1, 0.15) is 23.3 Å². The van der Waals surface area contributed by atoms with Gasteiger partial charge in [0.25, 0.3) is 0 Å². The number of nitrogens with zero attached hydrogens (tertiary/aromatic N) is 3. The predicted molar refractivity (Wildman–Crippen MR) is 74.3 cm³/mol. The Hall–Kier alpha value is -2.81. The second-order valence-electron chi connectivity index (χ2n) is 4.02. The molecule has 2 aromatic rings. The molecule has 0 atom stereocenters. The summed E-state index contributed by atoms with van der Waals surface area (Å²) in [6.07, 6.45) is 0. The Morgan fingerprint density at radius 3 is 2.60 bits per heavy atom. The van der Waals surface area contributed by atoms with Gasteiger partial charge in [-0.25, -0.2) is 9.97 Å². The lowest BCUT2D eigenvalue weighted by atomic mass is 10.2. The average molecular weight is 270 g/mol. The predicted octanol–water partition coefficient (Wildman–Crippen LogP) is 2.42. The monoisotopic (exact) mass is 270 g/mol. The van der Waals surface area contributed by atoms with Crippen molar-refractivity contribution in [2.24, 2.45) is 0 Å². The molecule has 0 spiro atoms. The zero-order valence-corrected chi connectivity index (χ0v) is 11.5. The van der Waals surface area contributed by atoms with Crippen molar-refractivity contribution in [2.45, 2.75) is 6.92 Å². The molecule has 6 nitrogen and oxygen atoms in total. The van der Waals surface area contributed by atoms with Gasteiger partial charge in [0.05, 0.1) is 19.9 Å². The molecule has 0 amide bonds. The number of aromatic nitrogens is 2. The molecule has 20 heavy (non-hydrogen) atoms. The fraction of sp³-hybridized carbons (Fsp3) is 0.214. The standard InChI is InChI=1S/C14H14N4O2/c1-9-6-10(8-15)17-14(16-9)18-12-7-11(19-2)4-5-13(12)20-3/h4-7H,1-3H3,(H,16,17,18). The number of ether oxygens (including phenoxy) is 2. The van der Waals surface area contributed by atoms with E-state index in [4.69, 9.17) is 14.7 Å². The van der Waals surface area contributed by atoms with Crippen LogP contribution in [0.2, 0.25) is 0 Å². The van der Waals surface area contributed by atoms with Crippen LogP contribution in [-0.4, -0.2) is 24.2 Å². The van der Waals surface area contributed by atoms with Crippen LogP contribution in [0.15, 0.2) is 24.3 Å².